The van der Waals surface area contributed by atoms with Crippen molar-refractivity contribution >= 4 is 5.84 Å². The molecular weight excluding hydrogens is 252 g/mol. The standard InChI is InChI=1S/C15H20N4O/c1-4-19-13(7-11(3)18-19)9-20-14-8-12(15(16)17)6-5-10(14)2/h5-8H,4,9H2,1-3H3,(H3,16,17). The molecule has 0 unspecified atom stereocenters. The molecule has 1 aromatic carbocycles. The molecule has 0 atom stereocenters. The Balaban J connectivity index is 2.18. The Kier molecular flexibility index (Phi) is 4.08. The predicted octanol–water partition coefficient (Wildman–Crippen LogP) is 2.38. The summed E-state index contributed by atoms with van der Waals surface area (Å²) < 4.78 is 7.79. The highest BCUT2D eigenvalue weighted by atomic mass is 16.5. The van der Waals surface area contributed by atoms with Crippen LogP contribution in [0.3, 0.4) is 0 Å². The zero-order chi connectivity index (χ0) is 14.7. The van der Waals surface area contributed by atoms with Gasteiger partial charge in [0.05, 0.1) is 11.4 Å². The van der Waals surface area contributed by atoms with E-state index in [0.717, 1.165) is 29.2 Å². The summed E-state index contributed by atoms with van der Waals surface area (Å²) >= 11 is 0. The largest absolute Gasteiger partial charge is 0.487 e. The van der Waals surface area contributed by atoms with Crippen LogP contribution in [0.15, 0.2) is 24.3 Å². The minimum Gasteiger partial charge on any atom is -0.487 e. The van der Waals surface area contributed by atoms with Crippen LogP contribution in [0.5, 0.6) is 5.75 Å². The third kappa shape index (κ3) is 2.99. The summed E-state index contributed by atoms with van der Waals surface area (Å²) in [4.78, 5) is 0. The van der Waals surface area contributed by atoms with Crippen molar-refractivity contribution in [1.82, 2.24) is 9.78 Å². The summed E-state index contributed by atoms with van der Waals surface area (Å²) in [5.41, 5.74) is 9.22. The van der Waals surface area contributed by atoms with Crippen molar-refractivity contribution < 1.29 is 4.74 Å². The van der Waals surface area contributed by atoms with Crippen molar-refractivity contribution in [2.75, 3.05) is 0 Å². The number of nitrogens with one attached hydrogen (secondary N) is 1. The fourth-order valence-electron chi connectivity index (χ4n) is 2.06. The highest BCUT2D eigenvalue weighted by Crippen LogP contribution is 2.21. The van der Waals surface area contributed by atoms with Crippen LogP contribution in [0.2, 0.25) is 0 Å². The van der Waals surface area contributed by atoms with Crippen LogP contribution in [0, 0.1) is 19.3 Å². The molecule has 3 N–H and O–H groups in total. The van der Waals surface area contributed by atoms with Gasteiger partial charge in [-0.1, -0.05) is 12.1 Å². The maximum absolute atomic E-state index is 7.47. The summed E-state index contributed by atoms with van der Waals surface area (Å²) in [6.07, 6.45) is 0. The van der Waals surface area contributed by atoms with Gasteiger partial charge < -0.3 is 10.5 Å². The molecule has 5 heteroatoms. The number of nitrogens with two attached hydrogens (primary N) is 1. The Bertz CT molecular complexity index is 631. The second-order valence-electron chi connectivity index (χ2n) is 4.78. The first-order valence-electron chi connectivity index (χ1n) is 6.62. The molecular formula is C15H20N4O. The molecule has 0 aliphatic carbocycles. The zero-order valence-electron chi connectivity index (χ0n) is 12.1. The Morgan fingerprint density at radius 3 is 2.75 bits per heavy atom. The molecule has 2 rings (SSSR count). The lowest BCUT2D eigenvalue weighted by atomic mass is 10.1. The number of hydrogen-bond donors (Lipinski definition) is 2. The van der Waals surface area contributed by atoms with Crippen LogP contribution < -0.4 is 10.5 Å². The van der Waals surface area contributed by atoms with E-state index >= 15 is 0 Å². The SMILES string of the molecule is CCn1nc(C)cc1COc1cc(C(=N)N)ccc1C. The molecule has 106 valence electrons. The Morgan fingerprint density at radius 2 is 2.10 bits per heavy atom. The molecule has 0 spiro atoms. The van der Waals surface area contributed by atoms with Crippen LogP contribution in [-0.4, -0.2) is 15.6 Å². The van der Waals surface area contributed by atoms with E-state index in [1.165, 1.54) is 0 Å². The summed E-state index contributed by atoms with van der Waals surface area (Å²) in [7, 11) is 0. The van der Waals surface area contributed by atoms with E-state index in [-0.39, 0.29) is 5.84 Å². The van der Waals surface area contributed by atoms with Gasteiger partial charge >= 0.3 is 0 Å². The molecule has 0 saturated carbocycles. The summed E-state index contributed by atoms with van der Waals surface area (Å²) in [5.74, 6) is 0.795. The second-order valence-corrected chi connectivity index (χ2v) is 4.78. The van der Waals surface area contributed by atoms with Gasteiger partial charge in [0.2, 0.25) is 0 Å². The second kappa shape index (κ2) is 5.77. The van der Waals surface area contributed by atoms with E-state index in [4.69, 9.17) is 15.9 Å². The molecule has 1 heterocycles. The van der Waals surface area contributed by atoms with Crippen LogP contribution in [0.4, 0.5) is 0 Å². The number of aryl methyl sites for hydroxylation is 3. The number of hydrogen-bond acceptors (Lipinski definition) is 3. The molecule has 0 aliphatic rings. The van der Waals surface area contributed by atoms with Crippen molar-refractivity contribution in [2.45, 2.75) is 33.9 Å². The number of aromatic nitrogens is 2. The van der Waals surface area contributed by atoms with Gasteiger partial charge in [0.1, 0.15) is 18.2 Å². The maximum atomic E-state index is 7.47. The lowest BCUT2D eigenvalue weighted by Gasteiger charge is -2.11. The number of nitrogens with zero attached hydrogens (tertiary/aromatic N) is 2. The van der Waals surface area contributed by atoms with Gasteiger partial charge in [-0.3, -0.25) is 10.1 Å². The third-order valence-electron chi connectivity index (χ3n) is 3.16. The monoisotopic (exact) mass is 272 g/mol. The molecule has 5 nitrogen and oxygen atoms in total. The molecule has 2 aromatic rings. The molecule has 0 saturated heterocycles. The van der Waals surface area contributed by atoms with Gasteiger partial charge in [-0.2, -0.15) is 5.10 Å². The predicted molar refractivity (Wildman–Crippen MR) is 79.2 cm³/mol. The lowest BCUT2D eigenvalue weighted by Crippen LogP contribution is -2.11. The van der Waals surface area contributed by atoms with Crippen molar-refractivity contribution in [1.29, 1.82) is 5.41 Å². The first kappa shape index (κ1) is 14.1. The first-order chi connectivity index (χ1) is 9.51. The van der Waals surface area contributed by atoms with E-state index in [9.17, 15) is 0 Å². The van der Waals surface area contributed by atoms with Gasteiger partial charge in [0.15, 0.2) is 0 Å². The van der Waals surface area contributed by atoms with E-state index in [2.05, 4.69) is 12.0 Å². The fourth-order valence-corrected chi connectivity index (χ4v) is 2.06. The van der Waals surface area contributed by atoms with Crippen LogP contribution >= 0.6 is 0 Å². The van der Waals surface area contributed by atoms with Gasteiger partial charge in [-0.05, 0) is 38.5 Å². The van der Waals surface area contributed by atoms with Crippen molar-refractivity contribution in [3.63, 3.8) is 0 Å². The van der Waals surface area contributed by atoms with Gasteiger partial charge in [0.25, 0.3) is 0 Å². The van der Waals surface area contributed by atoms with Crippen LogP contribution in [-0.2, 0) is 13.2 Å². The van der Waals surface area contributed by atoms with Gasteiger partial charge in [-0.15, -0.1) is 0 Å². The number of benzene rings is 1. The van der Waals surface area contributed by atoms with E-state index in [0.29, 0.717) is 12.2 Å². The number of rotatable bonds is 5. The summed E-state index contributed by atoms with van der Waals surface area (Å²) in [6, 6.07) is 7.56. The van der Waals surface area contributed by atoms with Gasteiger partial charge in [-0.25, -0.2) is 0 Å². The molecule has 20 heavy (non-hydrogen) atoms. The molecule has 0 amide bonds. The summed E-state index contributed by atoms with van der Waals surface area (Å²) in [5, 5.41) is 11.9. The third-order valence-corrected chi connectivity index (χ3v) is 3.16. The Hall–Kier alpha value is -2.30. The molecule has 0 radical (unpaired) electrons. The smallest absolute Gasteiger partial charge is 0.130 e. The molecule has 0 bridgehead atoms. The number of ether oxygens (including phenoxy) is 1. The van der Waals surface area contributed by atoms with Crippen molar-refractivity contribution in [3.05, 3.63) is 46.8 Å². The molecule has 0 aliphatic heterocycles. The highest BCUT2D eigenvalue weighted by Gasteiger charge is 2.07. The lowest BCUT2D eigenvalue weighted by molar-refractivity contribution is 0.290. The summed E-state index contributed by atoms with van der Waals surface area (Å²) in [6.45, 7) is 7.27. The van der Waals surface area contributed by atoms with Crippen LogP contribution in [0.1, 0.15) is 29.4 Å². The minimum absolute atomic E-state index is 0.0456. The van der Waals surface area contributed by atoms with E-state index < -0.39 is 0 Å². The quantitative estimate of drug-likeness (QED) is 0.648. The van der Waals surface area contributed by atoms with Gasteiger partial charge in [0, 0.05) is 12.1 Å². The molecule has 0 fully saturated rings. The fraction of sp³-hybridized carbons (Fsp3) is 0.333. The van der Waals surface area contributed by atoms with Crippen molar-refractivity contribution in [3.8, 4) is 5.75 Å². The van der Waals surface area contributed by atoms with Crippen LogP contribution in [0.25, 0.3) is 0 Å². The first-order valence-corrected chi connectivity index (χ1v) is 6.62. The average molecular weight is 272 g/mol. The Morgan fingerprint density at radius 1 is 1.35 bits per heavy atom. The van der Waals surface area contributed by atoms with E-state index in [1.54, 1.807) is 6.07 Å². The van der Waals surface area contributed by atoms with Crippen molar-refractivity contribution in [2.24, 2.45) is 5.73 Å². The number of nitrogen functional groups attached to an aromatic ring is 1. The number of amidine groups is 1. The van der Waals surface area contributed by atoms with E-state index in [1.807, 2.05) is 36.7 Å². The average Bonchev–Trinajstić information content (AvgIpc) is 2.77. The minimum atomic E-state index is 0.0456. The molecule has 1 aromatic heterocycles. The highest BCUT2D eigenvalue weighted by molar-refractivity contribution is 5.95. The normalized spacial score (nSPS) is 10.6. The zero-order valence-corrected chi connectivity index (χ0v) is 12.1. The maximum Gasteiger partial charge on any atom is 0.130 e. The Labute approximate surface area is 118 Å². The topological polar surface area (TPSA) is 76.9 Å².